The van der Waals surface area contributed by atoms with Gasteiger partial charge < -0.3 is 18.6 Å². The lowest BCUT2D eigenvalue weighted by Gasteiger charge is -2.25. The van der Waals surface area contributed by atoms with Crippen LogP contribution in [0.4, 0.5) is 0 Å². The quantitative estimate of drug-likeness (QED) is 0.745. The van der Waals surface area contributed by atoms with Crippen LogP contribution in [0.25, 0.3) is 11.0 Å². The van der Waals surface area contributed by atoms with Gasteiger partial charge in [0.05, 0.1) is 0 Å². The molecule has 0 aliphatic carbocycles. The Morgan fingerprint density at radius 2 is 1.62 bits per heavy atom. The fourth-order valence-electron chi connectivity index (χ4n) is 1.68. The van der Waals surface area contributed by atoms with E-state index in [4.69, 9.17) is 18.6 Å². The fraction of sp³-hybridized carbons (Fsp3) is 0.333. The van der Waals surface area contributed by atoms with Crippen LogP contribution >= 0.6 is 0 Å². The predicted octanol–water partition coefficient (Wildman–Crippen LogP) is 2.48. The van der Waals surface area contributed by atoms with E-state index in [1.807, 2.05) is 30.3 Å². The van der Waals surface area contributed by atoms with Crippen molar-refractivity contribution in [2.75, 3.05) is 21.3 Å². The molecule has 2 aromatic rings. The standard InChI is InChI=1S/C12H14O4/c1-13-12(14-2,15-3)11-8-9-6-4-5-7-10(9)16-11/h4-8H,1-3H3. The Kier molecular flexibility index (Phi) is 2.96. The number of para-hydroxylation sites is 1. The van der Waals surface area contributed by atoms with Crippen molar-refractivity contribution in [3.05, 3.63) is 36.1 Å². The van der Waals surface area contributed by atoms with Crippen molar-refractivity contribution in [2.45, 2.75) is 5.97 Å². The maximum absolute atomic E-state index is 5.63. The van der Waals surface area contributed by atoms with Crippen molar-refractivity contribution in [1.82, 2.24) is 0 Å². The minimum absolute atomic E-state index is 0.487. The molecule has 1 heterocycles. The van der Waals surface area contributed by atoms with Crippen LogP contribution in [0.2, 0.25) is 0 Å². The second-order valence-corrected chi connectivity index (χ2v) is 3.32. The summed E-state index contributed by atoms with van der Waals surface area (Å²) in [7, 11) is 4.50. The van der Waals surface area contributed by atoms with Gasteiger partial charge in [0.1, 0.15) is 5.58 Å². The van der Waals surface area contributed by atoms with Gasteiger partial charge in [0.15, 0.2) is 5.76 Å². The molecule has 0 bridgehead atoms. The minimum atomic E-state index is -1.28. The van der Waals surface area contributed by atoms with Crippen molar-refractivity contribution in [3.63, 3.8) is 0 Å². The molecule has 4 heteroatoms. The average Bonchev–Trinajstić information content (AvgIpc) is 2.76. The maximum Gasteiger partial charge on any atom is 0.345 e. The summed E-state index contributed by atoms with van der Waals surface area (Å²) in [6.45, 7) is 0. The van der Waals surface area contributed by atoms with E-state index in [-0.39, 0.29) is 0 Å². The summed E-state index contributed by atoms with van der Waals surface area (Å²) in [5.74, 6) is -0.792. The van der Waals surface area contributed by atoms with Gasteiger partial charge in [0.25, 0.3) is 0 Å². The third kappa shape index (κ3) is 1.61. The summed E-state index contributed by atoms with van der Waals surface area (Å²) >= 11 is 0. The van der Waals surface area contributed by atoms with E-state index in [2.05, 4.69) is 0 Å². The molecule has 86 valence electrons. The number of furan rings is 1. The average molecular weight is 222 g/mol. The monoisotopic (exact) mass is 222 g/mol. The van der Waals surface area contributed by atoms with E-state index in [9.17, 15) is 0 Å². The summed E-state index contributed by atoms with van der Waals surface area (Å²) < 4.78 is 21.3. The van der Waals surface area contributed by atoms with Crippen LogP contribution < -0.4 is 0 Å². The molecule has 0 radical (unpaired) electrons. The SMILES string of the molecule is COC(OC)(OC)c1cc2ccccc2o1. The topological polar surface area (TPSA) is 40.8 Å². The van der Waals surface area contributed by atoms with Gasteiger partial charge in [-0.25, -0.2) is 0 Å². The molecule has 0 saturated heterocycles. The summed E-state index contributed by atoms with van der Waals surface area (Å²) in [6, 6.07) is 9.52. The Morgan fingerprint density at radius 3 is 2.19 bits per heavy atom. The summed E-state index contributed by atoms with van der Waals surface area (Å²) in [5.41, 5.74) is 0.771. The number of fused-ring (bicyclic) bond motifs is 1. The van der Waals surface area contributed by atoms with Gasteiger partial charge in [-0.1, -0.05) is 18.2 Å². The first-order valence-electron chi connectivity index (χ1n) is 4.90. The molecule has 16 heavy (non-hydrogen) atoms. The highest BCUT2D eigenvalue weighted by Gasteiger charge is 2.36. The largest absolute Gasteiger partial charge is 0.452 e. The van der Waals surface area contributed by atoms with Crippen LogP contribution in [-0.4, -0.2) is 21.3 Å². The van der Waals surface area contributed by atoms with E-state index in [0.717, 1.165) is 11.0 Å². The lowest BCUT2D eigenvalue weighted by Crippen LogP contribution is -2.32. The second-order valence-electron chi connectivity index (χ2n) is 3.32. The minimum Gasteiger partial charge on any atom is -0.452 e. The fourth-order valence-corrected chi connectivity index (χ4v) is 1.68. The van der Waals surface area contributed by atoms with E-state index in [1.54, 1.807) is 0 Å². The van der Waals surface area contributed by atoms with Crippen LogP contribution in [0, 0.1) is 0 Å². The Bertz CT molecular complexity index is 429. The highest BCUT2D eigenvalue weighted by molar-refractivity contribution is 5.77. The molecule has 1 aromatic carbocycles. The van der Waals surface area contributed by atoms with Crippen molar-refractivity contribution in [3.8, 4) is 0 Å². The number of ether oxygens (including phenoxy) is 3. The van der Waals surface area contributed by atoms with Gasteiger partial charge >= 0.3 is 5.97 Å². The van der Waals surface area contributed by atoms with E-state index in [1.165, 1.54) is 21.3 Å². The van der Waals surface area contributed by atoms with E-state index < -0.39 is 5.97 Å². The summed E-state index contributed by atoms with van der Waals surface area (Å²) in [5, 5.41) is 0.980. The molecule has 0 saturated carbocycles. The van der Waals surface area contributed by atoms with Crippen LogP contribution in [0.1, 0.15) is 5.76 Å². The first-order chi connectivity index (χ1) is 7.75. The third-order valence-corrected chi connectivity index (χ3v) is 2.53. The summed E-state index contributed by atoms with van der Waals surface area (Å²) in [4.78, 5) is 0. The highest BCUT2D eigenvalue weighted by atomic mass is 16.9. The molecule has 0 N–H and O–H groups in total. The molecule has 1 aromatic heterocycles. The molecule has 2 rings (SSSR count). The number of hydrogen-bond donors (Lipinski definition) is 0. The van der Waals surface area contributed by atoms with Gasteiger partial charge in [0, 0.05) is 26.7 Å². The smallest absolute Gasteiger partial charge is 0.345 e. The van der Waals surface area contributed by atoms with Crippen molar-refractivity contribution >= 4 is 11.0 Å². The zero-order chi connectivity index (χ0) is 11.6. The normalized spacial score (nSPS) is 12.2. The first-order valence-corrected chi connectivity index (χ1v) is 4.90. The van der Waals surface area contributed by atoms with Crippen LogP contribution in [-0.2, 0) is 20.2 Å². The Hall–Kier alpha value is -1.36. The van der Waals surface area contributed by atoms with Crippen LogP contribution in [0.5, 0.6) is 0 Å². The van der Waals surface area contributed by atoms with Crippen molar-refractivity contribution in [1.29, 1.82) is 0 Å². The Labute approximate surface area is 93.7 Å². The second kappa shape index (κ2) is 4.25. The molecule has 0 spiro atoms. The van der Waals surface area contributed by atoms with Crippen LogP contribution in [0.15, 0.2) is 34.7 Å². The maximum atomic E-state index is 5.63. The molecule has 0 unspecified atom stereocenters. The molecule has 0 amide bonds. The summed E-state index contributed by atoms with van der Waals surface area (Å²) in [6.07, 6.45) is 0. The molecular weight excluding hydrogens is 208 g/mol. The molecular formula is C12H14O4. The van der Waals surface area contributed by atoms with E-state index >= 15 is 0 Å². The predicted molar refractivity (Wildman–Crippen MR) is 58.9 cm³/mol. The molecule has 0 aliphatic heterocycles. The van der Waals surface area contributed by atoms with Crippen molar-refractivity contribution < 1.29 is 18.6 Å². The number of benzene rings is 1. The Morgan fingerprint density at radius 1 is 1.00 bits per heavy atom. The van der Waals surface area contributed by atoms with Gasteiger partial charge in [0.2, 0.25) is 0 Å². The molecule has 0 aliphatic rings. The third-order valence-electron chi connectivity index (χ3n) is 2.53. The van der Waals surface area contributed by atoms with Crippen molar-refractivity contribution in [2.24, 2.45) is 0 Å². The number of hydrogen-bond acceptors (Lipinski definition) is 4. The van der Waals surface area contributed by atoms with E-state index in [0.29, 0.717) is 5.76 Å². The molecule has 4 nitrogen and oxygen atoms in total. The lowest BCUT2D eigenvalue weighted by atomic mass is 10.2. The number of methoxy groups -OCH3 is 3. The van der Waals surface area contributed by atoms with Gasteiger partial charge in [-0.2, -0.15) is 0 Å². The molecule has 0 atom stereocenters. The number of rotatable bonds is 4. The van der Waals surface area contributed by atoms with Gasteiger partial charge in [-0.05, 0) is 12.1 Å². The van der Waals surface area contributed by atoms with Gasteiger partial charge in [-0.15, -0.1) is 0 Å². The van der Waals surface area contributed by atoms with Gasteiger partial charge in [-0.3, -0.25) is 0 Å². The lowest BCUT2D eigenvalue weighted by molar-refractivity contribution is -0.372. The Balaban J connectivity index is 2.53. The first kappa shape index (κ1) is 11.1. The zero-order valence-electron chi connectivity index (χ0n) is 9.52. The zero-order valence-corrected chi connectivity index (χ0v) is 9.52. The highest BCUT2D eigenvalue weighted by Crippen LogP contribution is 2.31. The van der Waals surface area contributed by atoms with Crippen LogP contribution in [0.3, 0.4) is 0 Å². The molecule has 0 fully saturated rings.